The molecule has 0 bridgehead atoms. The lowest BCUT2D eigenvalue weighted by molar-refractivity contribution is -0.120. The monoisotopic (exact) mass is 574 g/mol. The molecule has 4 N–H and O–H groups in total. The lowest BCUT2D eigenvalue weighted by Crippen LogP contribution is -2.27. The Balaban J connectivity index is 1.71. The minimum absolute atomic E-state index is 0.186. The van der Waals surface area contributed by atoms with Gasteiger partial charge in [-0.2, -0.15) is 0 Å². The van der Waals surface area contributed by atoms with Crippen LogP contribution in [0.15, 0.2) is 53.3 Å². The molecule has 0 unspecified atom stereocenters. The number of rotatable bonds is 9. The molecule has 3 aromatic carbocycles. The number of carbonyl (C=O) groups is 3. The number of hydrogen-bond acceptors (Lipinski definition) is 8. The number of aryl methyl sites for hydroxylation is 1. The van der Waals surface area contributed by atoms with Crippen molar-refractivity contribution in [3.63, 3.8) is 0 Å². The van der Waals surface area contributed by atoms with Crippen molar-refractivity contribution in [2.75, 3.05) is 43.8 Å². The zero-order chi connectivity index (χ0) is 30.4. The fourth-order valence-electron chi connectivity index (χ4n) is 5.11. The number of anilines is 3. The molecule has 0 aliphatic heterocycles. The Kier molecular flexibility index (Phi) is 9.31. The van der Waals surface area contributed by atoms with Crippen LogP contribution >= 0.6 is 0 Å². The molecule has 3 aromatic rings. The van der Waals surface area contributed by atoms with Crippen LogP contribution in [0.25, 0.3) is 11.1 Å². The molecule has 1 aliphatic carbocycles. The SMILES string of the molecule is COc1cc2c(c(OC)c1OC)-c1ccc(NCC(=O)Nc3cccc(NC(C)=O)c3)c(=O)cc1[C@H](NC(C)=O)CC2. The molecule has 0 saturated carbocycles. The summed E-state index contributed by atoms with van der Waals surface area (Å²) >= 11 is 0. The Hall–Kier alpha value is -5.06. The van der Waals surface area contributed by atoms with E-state index in [-0.39, 0.29) is 35.4 Å². The van der Waals surface area contributed by atoms with E-state index in [4.69, 9.17) is 14.2 Å². The molecule has 0 heterocycles. The Morgan fingerprint density at radius 3 is 2.21 bits per heavy atom. The number of ether oxygens (including phenoxy) is 3. The summed E-state index contributed by atoms with van der Waals surface area (Å²) in [7, 11) is 4.60. The molecule has 0 fully saturated rings. The van der Waals surface area contributed by atoms with Gasteiger partial charge in [-0.15, -0.1) is 0 Å². The van der Waals surface area contributed by atoms with Crippen LogP contribution in [-0.4, -0.2) is 45.6 Å². The first-order valence-electron chi connectivity index (χ1n) is 13.3. The van der Waals surface area contributed by atoms with Crippen LogP contribution in [0.5, 0.6) is 17.2 Å². The van der Waals surface area contributed by atoms with Gasteiger partial charge in [0.1, 0.15) is 0 Å². The van der Waals surface area contributed by atoms with E-state index in [1.54, 1.807) is 43.5 Å². The van der Waals surface area contributed by atoms with Gasteiger partial charge in [0.2, 0.25) is 28.9 Å². The number of nitrogens with one attached hydrogen (secondary N) is 4. The number of hydrogen-bond donors (Lipinski definition) is 4. The third kappa shape index (κ3) is 6.63. The lowest BCUT2D eigenvalue weighted by atomic mass is 9.95. The summed E-state index contributed by atoms with van der Waals surface area (Å²) in [6.45, 7) is 2.65. The summed E-state index contributed by atoms with van der Waals surface area (Å²) in [5.74, 6) is 0.531. The van der Waals surface area contributed by atoms with Crippen LogP contribution in [0.4, 0.5) is 17.1 Å². The van der Waals surface area contributed by atoms with E-state index in [9.17, 15) is 19.2 Å². The van der Waals surface area contributed by atoms with Gasteiger partial charge in [0, 0.05) is 30.8 Å². The molecule has 4 rings (SSSR count). The van der Waals surface area contributed by atoms with Gasteiger partial charge in [-0.25, -0.2) is 0 Å². The first kappa shape index (κ1) is 29.9. The van der Waals surface area contributed by atoms with Crippen molar-refractivity contribution in [3.8, 4) is 28.4 Å². The molecule has 11 nitrogen and oxygen atoms in total. The molecule has 1 aliphatic rings. The number of fused-ring (bicyclic) bond motifs is 3. The molecule has 42 heavy (non-hydrogen) atoms. The highest BCUT2D eigenvalue weighted by atomic mass is 16.5. The summed E-state index contributed by atoms with van der Waals surface area (Å²) in [6, 6.07) is 13.1. The van der Waals surface area contributed by atoms with Crippen molar-refractivity contribution in [1.29, 1.82) is 0 Å². The van der Waals surface area contributed by atoms with Crippen LogP contribution in [0.1, 0.15) is 37.4 Å². The Morgan fingerprint density at radius 2 is 1.57 bits per heavy atom. The van der Waals surface area contributed by atoms with Gasteiger partial charge in [0.25, 0.3) is 0 Å². The van der Waals surface area contributed by atoms with Gasteiger partial charge in [-0.3, -0.25) is 19.2 Å². The van der Waals surface area contributed by atoms with Crippen molar-refractivity contribution in [2.45, 2.75) is 32.7 Å². The average molecular weight is 575 g/mol. The molecular formula is C31H34N4O7. The summed E-state index contributed by atoms with van der Waals surface area (Å²) in [4.78, 5) is 49.6. The first-order chi connectivity index (χ1) is 20.1. The highest BCUT2D eigenvalue weighted by Gasteiger charge is 2.29. The van der Waals surface area contributed by atoms with Crippen molar-refractivity contribution in [3.05, 3.63) is 69.9 Å². The second-order valence-electron chi connectivity index (χ2n) is 9.76. The highest BCUT2D eigenvalue weighted by Crippen LogP contribution is 2.50. The third-order valence-corrected chi connectivity index (χ3v) is 6.82. The van der Waals surface area contributed by atoms with Gasteiger partial charge < -0.3 is 35.5 Å². The van der Waals surface area contributed by atoms with E-state index >= 15 is 0 Å². The maximum atomic E-state index is 13.4. The molecule has 220 valence electrons. The molecule has 0 aromatic heterocycles. The van der Waals surface area contributed by atoms with E-state index in [0.29, 0.717) is 52.6 Å². The number of methoxy groups -OCH3 is 3. The van der Waals surface area contributed by atoms with Crippen LogP contribution < -0.4 is 40.9 Å². The predicted molar refractivity (Wildman–Crippen MR) is 161 cm³/mol. The molecule has 0 saturated heterocycles. The zero-order valence-electron chi connectivity index (χ0n) is 24.2. The molecular weight excluding hydrogens is 540 g/mol. The van der Waals surface area contributed by atoms with Gasteiger partial charge in [0.05, 0.1) is 39.6 Å². The van der Waals surface area contributed by atoms with Crippen LogP contribution in [0.3, 0.4) is 0 Å². The summed E-state index contributed by atoms with van der Waals surface area (Å²) in [6.07, 6.45) is 1.11. The Bertz CT molecular complexity index is 1590. The normalized spacial score (nSPS) is 13.4. The maximum absolute atomic E-state index is 13.4. The van der Waals surface area contributed by atoms with E-state index in [0.717, 1.165) is 11.1 Å². The van der Waals surface area contributed by atoms with Crippen molar-refractivity contribution in [2.24, 2.45) is 0 Å². The lowest BCUT2D eigenvalue weighted by Gasteiger charge is -2.19. The second kappa shape index (κ2) is 13.1. The van der Waals surface area contributed by atoms with Gasteiger partial charge in [0.15, 0.2) is 11.5 Å². The molecule has 0 radical (unpaired) electrons. The van der Waals surface area contributed by atoms with Crippen molar-refractivity contribution >= 4 is 34.8 Å². The fourth-order valence-corrected chi connectivity index (χ4v) is 5.11. The third-order valence-electron chi connectivity index (χ3n) is 6.82. The quantitative estimate of drug-likeness (QED) is 0.302. The van der Waals surface area contributed by atoms with E-state index in [1.807, 2.05) is 6.07 Å². The van der Waals surface area contributed by atoms with Crippen LogP contribution in [0, 0.1) is 0 Å². The number of carbonyl (C=O) groups excluding carboxylic acids is 3. The van der Waals surface area contributed by atoms with Gasteiger partial charge in [-0.05, 0) is 65.9 Å². The van der Waals surface area contributed by atoms with Crippen molar-refractivity contribution in [1.82, 2.24) is 5.32 Å². The van der Waals surface area contributed by atoms with Crippen molar-refractivity contribution < 1.29 is 28.6 Å². The first-order valence-corrected chi connectivity index (χ1v) is 13.3. The minimum Gasteiger partial charge on any atom is -0.493 e. The average Bonchev–Trinajstić information content (AvgIpc) is 3.19. The number of amides is 3. The molecule has 11 heteroatoms. The smallest absolute Gasteiger partial charge is 0.243 e. The van der Waals surface area contributed by atoms with Gasteiger partial charge >= 0.3 is 0 Å². The molecule has 0 spiro atoms. The van der Waals surface area contributed by atoms with Crippen LogP contribution in [0.2, 0.25) is 0 Å². The predicted octanol–water partition coefficient (Wildman–Crippen LogP) is 3.87. The Labute approximate surface area is 243 Å². The molecule has 1 atom stereocenters. The van der Waals surface area contributed by atoms with E-state index in [1.165, 1.54) is 34.1 Å². The Morgan fingerprint density at radius 1 is 0.857 bits per heavy atom. The van der Waals surface area contributed by atoms with E-state index in [2.05, 4.69) is 21.3 Å². The maximum Gasteiger partial charge on any atom is 0.243 e. The minimum atomic E-state index is -0.446. The van der Waals surface area contributed by atoms with Gasteiger partial charge in [-0.1, -0.05) is 12.1 Å². The van der Waals surface area contributed by atoms with E-state index < -0.39 is 6.04 Å². The van der Waals surface area contributed by atoms with Crippen LogP contribution in [-0.2, 0) is 20.8 Å². The largest absolute Gasteiger partial charge is 0.493 e. The summed E-state index contributed by atoms with van der Waals surface area (Å²) in [5, 5.41) is 11.3. The number of benzene rings is 2. The highest BCUT2D eigenvalue weighted by molar-refractivity contribution is 5.95. The molecule has 3 amide bonds. The standard InChI is InChI=1S/C31H34N4O7/c1-17(36)33-20-7-6-8-21(14-20)35-28(39)16-32-25-12-10-22-23(15-26(25)38)24(34-18(2)37)11-9-19-13-27(40-3)30(41-4)31(42-5)29(19)22/h6-8,10,12-15,24H,9,11,16H2,1-5H3,(H,32,38)(H,33,36)(H,34,37)(H,35,39)/t24-/m1/s1. The topological polar surface area (TPSA) is 144 Å². The zero-order valence-corrected chi connectivity index (χ0v) is 24.2. The fraction of sp³-hybridized carbons (Fsp3) is 0.290. The summed E-state index contributed by atoms with van der Waals surface area (Å²) in [5.41, 5.74) is 3.83. The second-order valence-corrected chi connectivity index (χ2v) is 9.76. The summed E-state index contributed by atoms with van der Waals surface area (Å²) < 4.78 is 17.0.